The second-order valence-electron chi connectivity index (χ2n) is 7.85. The highest BCUT2D eigenvalue weighted by molar-refractivity contribution is 4.87. The van der Waals surface area contributed by atoms with Gasteiger partial charge in [-0.1, -0.05) is 13.8 Å². The third-order valence-corrected chi connectivity index (χ3v) is 4.45. The van der Waals surface area contributed by atoms with E-state index in [0.29, 0.717) is 11.5 Å². The molecule has 0 bridgehead atoms. The van der Waals surface area contributed by atoms with E-state index in [1.54, 1.807) is 0 Å². The lowest BCUT2D eigenvalue weighted by Crippen LogP contribution is -2.55. The average molecular weight is 269 g/mol. The predicted octanol–water partition coefficient (Wildman–Crippen LogP) is 2.43. The molecule has 0 spiro atoms. The highest BCUT2D eigenvalue weighted by Crippen LogP contribution is 2.24. The summed E-state index contributed by atoms with van der Waals surface area (Å²) in [6.07, 6.45) is 1.23. The molecule has 1 fully saturated rings. The molecule has 1 N–H and O–H groups in total. The smallest absolute Gasteiger partial charge is 0.0195 e. The summed E-state index contributed by atoms with van der Waals surface area (Å²) in [5.74, 6) is 0. The number of nitrogens with zero attached hydrogens (tertiary/aromatic N) is 2. The number of rotatable bonds is 5. The van der Waals surface area contributed by atoms with Crippen LogP contribution in [0.3, 0.4) is 0 Å². The lowest BCUT2D eigenvalue weighted by Gasteiger charge is -2.44. The van der Waals surface area contributed by atoms with Gasteiger partial charge in [0.2, 0.25) is 0 Å². The Morgan fingerprint density at radius 1 is 1.16 bits per heavy atom. The Bertz CT molecular complexity index is 272. The lowest BCUT2D eigenvalue weighted by molar-refractivity contribution is 0.0557. The van der Waals surface area contributed by atoms with E-state index in [9.17, 15) is 0 Å². The van der Waals surface area contributed by atoms with Crippen LogP contribution >= 0.6 is 0 Å². The molecule has 3 heteroatoms. The highest BCUT2D eigenvalue weighted by Gasteiger charge is 2.30. The Morgan fingerprint density at radius 3 is 2.26 bits per heavy atom. The van der Waals surface area contributed by atoms with Gasteiger partial charge in [-0.3, -0.25) is 4.90 Å². The van der Waals surface area contributed by atoms with Crippen molar-refractivity contribution < 1.29 is 0 Å². The molecule has 1 rings (SSSR count). The third kappa shape index (κ3) is 5.80. The molecule has 0 amide bonds. The van der Waals surface area contributed by atoms with Crippen LogP contribution in [0.15, 0.2) is 0 Å². The van der Waals surface area contributed by atoms with Crippen LogP contribution in [0.1, 0.15) is 48.0 Å². The lowest BCUT2D eigenvalue weighted by atomic mass is 9.85. The molecule has 1 saturated heterocycles. The van der Waals surface area contributed by atoms with Crippen molar-refractivity contribution in [1.82, 2.24) is 15.1 Å². The van der Waals surface area contributed by atoms with Crippen molar-refractivity contribution in [1.29, 1.82) is 0 Å². The van der Waals surface area contributed by atoms with E-state index >= 15 is 0 Å². The normalized spacial score (nSPS) is 26.4. The maximum absolute atomic E-state index is 3.69. The fourth-order valence-electron chi connectivity index (χ4n) is 2.67. The van der Waals surface area contributed by atoms with Gasteiger partial charge in [0.05, 0.1) is 0 Å². The Hall–Kier alpha value is -0.120. The molecule has 1 aliphatic heterocycles. The van der Waals surface area contributed by atoms with Crippen molar-refractivity contribution in [2.24, 2.45) is 5.41 Å². The van der Waals surface area contributed by atoms with Gasteiger partial charge in [0.25, 0.3) is 0 Å². The van der Waals surface area contributed by atoms with Gasteiger partial charge in [-0.2, -0.15) is 0 Å². The van der Waals surface area contributed by atoms with E-state index in [4.69, 9.17) is 0 Å². The minimum atomic E-state index is 0.212. The van der Waals surface area contributed by atoms with E-state index in [2.05, 4.69) is 63.7 Å². The Morgan fingerprint density at radius 2 is 1.79 bits per heavy atom. The molecule has 0 aromatic rings. The van der Waals surface area contributed by atoms with Crippen molar-refractivity contribution in [3.8, 4) is 0 Å². The van der Waals surface area contributed by atoms with Crippen LogP contribution in [-0.4, -0.2) is 61.2 Å². The maximum atomic E-state index is 3.69. The second-order valence-corrected chi connectivity index (χ2v) is 7.85. The summed E-state index contributed by atoms with van der Waals surface area (Å²) in [5.41, 5.74) is 0.585. The monoisotopic (exact) mass is 269 g/mol. The molecule has 0 saturated carbocycles. The van der Waals surface area contributed by atoms with Crippen LogP contribution in [0.2, 0.25) is 0 Å². The number of hydrogen-bond acceptors (Lipinski definition) is 3. The first kappa shape index (κ1) is 16.9. The number of hydrogen-bond donors (Lipinski definition) is 1. The SMILES string of the molecule is CCC(C)(CNC(C)(C)C)CN1CCN(C)CC1C. The minimum absolute atomic E-state index is 0.212. The van der Waals surface area contributed by atoms with E-state index in [1.807, 2.05) is 0 Å². The zero-order chi connectivity index (χ0) is 14.7. The van der Waals surface area contributed by atoms with Gasteiger partial charge in [0, 0.05) is 44.3 Å². The quantitative estimate of drug-likeness (QED) is 0.827. The molecule has 0 aromatic carbocycles. The number of piperazine rings is 1. The Balaban J connectivity index is 2.54. The van der Waals surface area contributed by atoms with Gasteiger partial charge >= 0.3 is 0 Å². The summed E-state index contributed by atoms with van der Waals surface area (Å²) >= 11 is 0. The summed E-state index contributed by atoms with van der Waals surface area (Å²) in [4.78, 5) is 5.12. The maximum Gasteiger partial charge on any atom is 0.0195 e. The van der Waals surface area contributed by atoms with Crippen LogP contribution in [0, 0.1) is 5.41 Å². The molecule has 0 aromatic heterocycles. The standard InChI is InChI=1S/C16H35N3/c1-8-16(6,12-17-15(3,4)5)13-19-10-9-18(7)11-14(19)2/h14,17H,8-13H2,1-7H3. The molecular formula is C16H35N3. The summed E-state index contributed by atoms with van der Waals surface area (Å²) in [6, 6.07) is 0.680. The third-order valence-electron chi connectivity index (χ3n) is 4.45. The fraction of sp³-hybridized carbons (Fsp3) is 1.00. The van der Waals surface area contributed by atoms with E-state index in [0.717, 1.165) is 6.54 Å². The molecule has 2 atom stereocenters. The molecule has 1 heterocycles. The van der Waals surface area contributed by atoms with Gasteiger partial charge in [-0.15, -0.1) is 0 Å². The molecule has 114 valence electrons. The second kappa shape index (κ2) is 6.55. The van der Waals surface area contributed by atoms with Crippen LogP contribution in [-0.2, 0) is 0 Å². The molecule has 19 heavy (non-hydrogen) atoms. The van der Waals surface area contributed by atoms with Gasteiger partial charge in [0.1, 0.15) is 0 Å². The van der Waals surface area contributed by atoms with Crippen molar-refractivity contribution >= 4 is 0 Å². The first-order chi connectivity index (χ1) is 8.65. The summed E-state index contributed by atoms with van der Waals surface area (Å²) in [7, 11) is 2.23. The van der Waals surface area contributed by atoms with E-state index < -0.39 is 0 Å². The Kier molecular flexibility index (Phi) is 5.84. The van der Waals surface area contributed by atoms with Crippen LogP contribution in [0.25, 0.3) is 0 Å². The zero-order valence-electron chi connectivity index (χ0n) is 14.2. The molecule has 2 unspecified atom stereocenters. The van der Waals surface area contributed by atoms with Crippen molar-refractivity contribution in [2.45, 2.75) is 59.5 Å². The molecular weight excluding hydrogens is 234 g/mol. The summed E-state index contributed by atoms with van der Waals surface area (Å²) in [5, 5.41) is 3.69. The zero-order valence-corrected chi connectivity index (χ0v) is 14.2. The van der Waals surface area contributed by atoms with Gasteiger partial charge in [0.15, 0.2) is 0 Å². The first-order valence-corrected chi connectivity index (χ1v) is 7.83. The average Bonchev–Trinajstić information content (AvgIpc) is 2.30. The van der Waals surface area contributed by atoms with Crippen LogP contribution < -0.4 is 5.32 Å². The largest absolute Gasteiger partial charge is 0.311 e. The van der Waals surface area contributed by atoms with Crippen molar-refractivity contribution in [2.75, 3.05) is 39.8 Å². The van der Waals surface area contributed by atoms with Crippen molar-refractivity contribution in [3.05, 3.63) is 0 Å². The van der Waals surface area contributed by atoms with Crippen molar-refractivity contribution in [3.63, 3.8) is 0 Å². The summed E-state index contributed by atoms with van der Waals surface area (Å²) in [6.45, 7) is 19.8. The van der Waals surface area contributed by atoms with Gasteiger partial charge in [-0.25, -0.2) is 0 Å². The number of likely N-dealkylation sites (N-methyl/N-ethyl adjacent to an activating group) is 1. The van der Waals surface area contributed by atoms with E-state index in [-0.39, 0.29) is 5.54 Å². The highest BCUT2D eigenvalue weighted by atomic mass is 15.3. The topological polar surface area (TPSA) is 18.5 Å². The van der Waals surface area contributed by atoms with E-state index in [1.165, 1.54) is 32.6 Å². The Labute approximate surface area is 120 Å². The first-order valence-electron chi connectivity index (χ1n) is 7.83. The fourth-order valence-corrected chi connectivity index (χ4v) is 2.67. The van der Waals surface area contributed by atoms with Gasteiger partial charge < -0.3 is 10.2 Å². The van der Waals surface area contributed by atoms with Gasteiger partial charge in [-0.05, 0) is 46.6 Å². The van der Waals surface area contributed by atoms with Crippen LogP contribution in [0.5, 0.6) is 0 Å². The van der Waals surface area contributed by atoms with Crippen LogP contribution in [0.4, 0.5) is 0 Å². The minimum Gasteiger partial charge on any atom is -0.311 e. The molecule has 3 nitrogen and oxygen atoms in total. The molecule has 0 radical (unpaired) electrons. The number of nitrogens with one attached hydrogen (secondary N) is 1. The summed E-state index contributed by atoms with van der Waals surface area (Å²) < 4.78 is 0. The predicted molar refractivity (Wildman–Crippen MR) is 84.7 cm³/mol. The molecule has 1 aliphatic rings. The molecule has 0 aliphatic carbocycles.